The minimum Gasteiger partial charge on any atom is -0.306 e. The highest BCUT2D eigenvalue weighted by atomic mass is 16.1. The van der Waals surface area contributed by atoms with Crippen LogP contribution in [0.5, 0.6) is 0 Å². The number of hydrogen-bond donors (Lipinski definition) is 0. The van der Waals surface area contributed by atoms with Crippen LogP contribution in [-0.2, 0) is 0 Å². The Morgan fingerprint density at radius 1 is 0.311 bits per heavy atom. The summed E-state index contributed by atoms with van der Waals surface area (Å²) in [5.41, 5.74) is 14.6. The van der Waals surface area contributed by atoms with Crippen molar-refractivity contribution in [2.75, 3.05) is 19.6 Å². The van der Waals surface area contributed by atoms with Crippen molar-refractivity contribution in [1.82, 2.24) is 9.38 Å². The number of imidazole rings is 1. The fourth-order valence-electron chi connectivity index (χ4n) is 9.85. The lowest BCUT2D eigenvalue weighted by Crippen LogP contribution is -2.26. The highest BCUT2D eigenvalue weighted by Crippen LogP contribution is 2.59. The Kier molecular flexibility index (Phi) is 7.03. The van der Waals surface area contributed by atoms with E-state index in [0.717, 1.165) is 95.4 Å². The van der Waals surface area contributed by atoms with E-state index >= 15 is 4.79 Å². The number of nitrogens with zero attached hydrogens (tertiary/aromatic N) is 6. The highest BCUT2D eigenvalue weighted by molar-refractivity contribution is 6.25. The molecule has 13 rings (SSSR count). The van der Waals surface area contributed by atoms with E-state index in [4.69, 9.17) is 4.98 Å². The summed E-state index contributed by atoms with van der Waals surface area (Å²) >= 11 is 0. The van der Waals surface area contributed by atoms with E-state index in [2.05, 4.69) is 196 Å². The molecular formula is C54H34N6O. The summed E-state index contributed by atoms with van der Waals surface area (Å²) in [5, 5.41) is 3.39. The Morgan fingerprint density at radius 3 is 1.15 bits per heavy atom. The van der Waals surface area contributed by atoms with Gasteiger partial charge in [0.1, 0.15) is 5.65 Å². The first-order valence-corrected chi connectivity index (χ1v) is 20.5. The molecule has 7 nitrogen and oxygen atoms in total. The number of anilines is 12. The third kappa shape index (κ3) is 4.68. The van der Waals surface area contributed by atoms with Gasteiger partial charge in [0, 0.05) is 32.9 Å². The van der Waals surface area contributed by atoms with Gasteiger partial charge in [-0.3, -0.25) is 9.20 Å². The monoisotopic (exact) mass is 782 g/mol. The molecule has 0 amide bonds. The van der Waals surface area contributed by atoms with Crippen LogP contribution in [0.1, 0.15) is 0 Å². The summed E-state index contributed by atoms with van der Waals surface area (Å²) in [4.78, 5) is 29.6. The molecule has 286 valence electrons. The van der Waals surface area contributed by atoms with Crippen molar-refractivity contribution in [3.05, 3.63) is 217 Å². The number of hydrogen-bond acceptors (Lipinski definition) is 6. The molecular weight excluding hydrogens is 749 g/mol. The largest absolute Gasteiger partial charge is 0.306 e. The van der Waals surface area contributed by atoms with E-state index in [1.165, 1.54) is 0 Å². The molecule has 11 aromatic rings. The maximum atomic E-state index is 15.0. The fourth-order valence-corrected chi connectivity index (χ4v) is 9.85. The molecule has 0 atom stereocenters. The molecule has 0 bridgehead atoms. The minimum atomic E-state index is -0.0886. The average Bonchev–Trinajstić information content (AvgIpc) is 3.72. The van der Waals surface area contributed by atoms with E-state index in [1.807, 2.05) is 30.3 Å². The molecule has 9 aromatic carbocycles. The first-order chi connectivity index (χ1) is 30.2. The van der Waals surface area contributed by atoms with E-state index in [1.54, 1.807) is 4.40 Å². The van der Waals surface area contributed by atoms with Crippen LogP contribution in [0.25, 0.3) is 38.2 Å². The maximum absolute atomic E-state index is 15.0. The van der Waals surface area contributed by atoms with Gasteiger partial charge >= 0.3 is 0 Å². The van der Waals surface area contributed by atoms with E-state index in [9.17, 15) is 0 Å². The Bertz CT molecular complexity index is 3360. The predicted molar refractivity (Wildman–Crippen MR) is 251 cm³/mol. The van der Waals surface area contributed by atoms with Gasteiger partial charge in [0.15, 0.2) is 0 Å². The molecule has 4 heterocycles. The second-order valence-corrected chi connectivity index (χ2v) is 15.5. The number of pyridine rings is 1. The third-order valence-electron chi connectivity index (χ3n) is 12.3. The van der Waals surface area contributed by atoms with Gasteiger partial charge in [-0.25, -0.2) is 4.98 Å². The number of benzene rings is 9. The molecule has 0 saturated carbocycles. The first kappa shape index (κ1) is 33.5. The zero-order valence-corrected chi connectivity index (χ0v) is 32.7. The molecule has 0 aliphatic carbocycles. The Labute approximate surface area is 350 Å². The lowest BCUT2D eigenvalue weighted by Gasteiger charge is -2.42. The van der Waals surface area contributed by atoms with Crippen LogP contribution >= 0.6 is 0 Å². The van der Waals surface area contributed by atoms with E-state index < -0.39 is 0 Å². The van der Waals surface area contributed by atoms with Crippen LogP contribution in [0.4, 0.5) is 68.2 Å². The van der Waals surface area contributed by atoms with Crippen LogP contribution in [0.2, 0.25) is 0 Å². The van der Waals surface area contributed by atoms with Gasteiger partial charge in [-0.05, 0) is 109 Å². The van der Waals surface area contributed by atoms with Crippen molar-refractivity contribution in [2.45, 2.75) is 0 Å². The quantitative estimate of drug-likeness (QED) is 0.177. The zero-order chi connectivity index (χ0) is 40.2. The van der Waals surface area contributed by atoms with Crippen LogP contribution in [0.3, 0.4) is 0 Å². The van der Waals surface area contributed by atoms with Gasteiger partial charge in [0.25, 0.3) is 5.56 Å². The second-order valence-electron chi connectivity index (χ2n) is 15.5. The summed E-state index contributed by atoms with van der Waals surface area (Å²) in [5.74, 6) is 0. The van der Waals surface area contributed by atoms with Gasteiger partial charge in [0.05, 0.1) is 67.9 Å². The molecule has 2 aromatic heterocycles. The van der Waals surface area contributed by atoms with Gasteiger partial charge in [-0.2, -0.15) is 0 Å². The molecule has 0 saturated heterocycles. The molecule has 0 radical (unpaired) electrons. The van der Waals surface area contributed by atoms with Gasteiger partial charge < -0.3 is 19.6 Å². The summed E-state index contributed by atoms with van der Waals surface area (Å²) in [7, 11) is 0. The summed E-state index contributed by atoms with van der Waals surface area (Å²) in [6.07, 6.45) is 0. The summed E-state index contributed by atoms with van der Waals surface area (Å²) in [6.45, 7) is 0. The molecule has 0 unspecified atom stereocenters. The smallest absolute Gasteiger partial charge is 0.264 e. The van der Waals surface area contributed by atoms with Crippen LogP contribution < -0.4 is 25.2 Å². The third-order valence-corrected chi connectivity index (χ3v) is 12.3. The van der Waals surface area contributed by atoms with Gasteiger partial charge in [-0.1, -0.05) is 97.1 Å². The molecule has 7 heteroatoms. The summed E-state index contributed by atoms with van der Waals surface area (Å²) in [6, 6.07) is 72.0. The topological polar surface area (TPSA) is 47.3 Å². The molecule has 0 N–H and O–H groups in total. The Hall–Kier alpha value is -8.42. The van der Waals surface area contributed by atoms with Crippen LogP contribution in [0.15, 0.2) is 211 Å². The van der Waals surface area contributed by atoms with Crippen molar-refractivity contribution < 1.29 is 0 Å². The summed E-state index contributed by atoms with van der Waals surface area (Å²) < 4.78 is 1.79. The predicted octanol–water partition coefficient (Wildman–Crippen LogP) is 14.1. The first-order valence-electron chi connectivity index (χ1n) is 20.5. The van der Waals surface area contributed by atoms with Crippen LogP contribution in [0, 0.1) is 0 Å². The van der Waals surface area contributed by atoms with Crippen molar-refractivity contribution in [1.29, 1.82) is 0 Å². The Morgan fingerprint density at radius 2 is 0.689 bits per heavy atom. The van der Waals surface area contributed by atoms with Crippen LogP contribution in [-0.4, -0.2) is 9.38 Å². The van der Waals surface area contributed by atoms with Gasteiger partial charge in [0.2, 0.25) is 0 Å². The lowest BCUT2D eigenvalue weighted by molar-refractivity contribution is 1.16. The number of rotatable bonds is 4. The molecule has 61 heavy (non-hydrogen) atoms. The number of aromatic nitrogens is 2. The molecule has 2 aliphatic rings. The van der Waals surface area contributed by atoms with Crippen molar-refractivity contribution >= 4 is 106 Å². The maximum Gasteiger partial charge on any atom is 0.264 e. The van der Waals surface area contributed by atoms with E-state index in [0.29, 0.717) is 11.0 Å². The SMILES string of the molecule is O=c1c2ccc(N3c4ccccc4N(c4ccccc4)c4ccccc43)c3c(N4c5ccccc5N(c5ccccc5)c5ccccc54)ccc(c32)c2nc3ccccc3n12. The zero-order valence-electron chi connectivity index (χ0n) is 32.7. The van der Waals surface area contributed by atoms with Crippen molar-refractivity contribution in [3.8, 4) is 0 Å². The Balaban J connectivity index is 1.17. The highest BCUT2D eigenvalue weighted by Gasteiger charge is 2.35. The fraction of sp³-hybridized carbons (Fsp3) is 0. The molecule has 0 fully saturated rings. The standard InChI is InChI=1S/C54H34N6O/c61-54-38-32-34-50(59-47-29-15-11-25-43(47)57(36-19-5-2-6-20-36)44-26-12-16-30-48(44)59)52-49(33-31-37(51(38)52)53-55-39-21-7-8-22-40(39)60(53)54)58-45-27-13-9-23-41(45)56(35-17-3-1-4-18-35)42-24-10-14-28-46(42)58/h1-34H. The van der Waals surface area contributed by atoms with Crippen molar-refractivity contribution in [2.24, 2.45) is 0 Å². The van der Waals surface area contributed by atoms with Gasteiger partial charge in [-0.15, -0.1) is 0 Å². The lowest BCUT2D eigenvalue weighted by atomic mass is 9.95. The minimum absolute atomic E-state index is 0.0886. The normalized spacial score (nSPS) is 13.2. The average molecular weight is 783 g/mol. The second kappa shape index (κ2) is 12.8. The number of fused-ring (bicyclic) bond motifs is 8. The molecule has 2 aliphatic heterocycles. The molecule has 0 spiro atoms. The number of para-hydroxylation sites is 12. The van der Waals surface area contributed by atoms with E-state index in [-0.39, 0.29) is 5.56 Å². The van der Waals surface area contributed by atoms with Crippen molar-refractivity contribution in [3.63, 3.8) is 0 Å².